The molecule has 8 heteroatoms. The summed E-state index contributed by atoms with van der Waals surface area (Å²) in [6.45, 7) is 0.965. The third-order valence-electron chi connectivity index (χ3n) is 4.41. The highest BCUT2D eigenvalue weighted by molar-refractivity contribution is 5.94. The van der Waals surface area contributed by atoms with Gasteiger partial charge < -0.3 is 9.88 Å². The number of carbonyl (C=O) groups excluding carboxylic acids is 1. The molecule has 0 aliphatic heterocycles. The van der Waals surface area contributed by atoms with E-state index in [1.165, 1.54) is 0 Å². The Morgan fingerprint density at radius 2 is 2.00 bits per heavy atom. The molecule has 28 heavy (non-hydrogen) atoms. The van der Waals surface area contributed by atoms with Crippen LogP contribution in [0.25, 0.3) is 22.3 Å². The zero-order valence-electron chi connectivity index (χ0n) is 14.7. The molecule has 8 nitrogen and oxygen atoms in total. The monoisotopic (exact) mass is 373 g/mol. The first-order chi connectivity index (χ1) is 13.7. The van der Waals surface area contributed by atoms with Gasteiger partial charge in [-0.3, -0.25) is 14.3 Å². The zero-order valence-corrected chi connectivity index (χ0v) is 14.7. The number of H-pyrrole nitrogens is 1. The highest BCUT2D eigenvalue weighted by atomic mass is 16.5. The second-order valence-electron chi connectivity index (χ2n) is 6.14. The van der Waals surface area contributed by atoms with E-state index in [4.69, 9.17) is 0 Å². The van der Waals surface area contributed by atoms with Gasteiger partial charge in [0.05, 0.1) is 5.56 Å². The molecule has 2 heterocycles. The number of benzene rings is 2. The highest BCUT2D eigenvalue weighted by Gasteiger charge is 2.10. The first kappa shape index (κ1) is 17.3. The Hall–Kier alpha value is -4.12. The molecule has 4 rings (SSSR count). The van der Waals surface area contributed by atoms with Crippen molar-refractivity contribution in [3.05, 3.63) is 76.4 Å². The number of amides is 1. The summed E-state index contributed by atoms with van der Waals surface area (Å²) in [5.74, 6) is -0.532. The number of nitriles is 1. The van der Waals surface area contributed by atoms with Crippen LogP contribution in [0.4, 0.5) is 0 Å². The fourth-order valence-corrected chi connectivity index (χ4v) is 3.05. The van der Waals surface area contributed by atoms with Crippen molar-refractivity contribution in [2.24, 2.45) is 0 Å². The van der Waals surface area contributed by atoms with Gasteiger partial charge >= 0.3 is 5.76 Å². The van der Waals surface area contributed by atoms with Gasteiger partial charge in [-0.25, -0.2) is 4.79 Å². The van der Waals surface area contributed by atoms with Crippen LogP contribution in [-0.2, 0) is 6.54 Å². The minimum absolute atomic E-state index is 0.211. The first-order valence-corrected chi connectivity index (χ1v) is 8.58. The van der Waals surface area contributed by atoms with Crippen LogP contribution in [0.3, 0.4) is 0 Å². The molecule has 0 atom stereocenters. The Morgan fingerprint density at radius 3 is 2.71 bits per heavy atom. The Balaban J connectivity index is 1.41. The summed E-state index contributed by atoms with van der Waals surface area (Å²) in [6.07, 6.45) is 1.80. The number of nitrogens with one attached hydrogen (secondary N) is 2. The lowest BCUT2D eigenvalue weighted by atomic mass is 10.1. The van der Waals surface area contributed by atoms with Gasteiger partial charge in [0, 0.05) is 41.3 Å². The summed E-state index contributed by atoms with van der Waals surface area (Å²) in [7, 11) is 0. The minimum atomic E-state index is -0.631. The lowest BCUT2D eigenvalue weighted by Gasteiger charge is -2.08. The van der Waals surface area contributed by atoms with Gasteiger partial charge in [-0.1, -0.05) is 35.5 Å². The summed E-state index contributed by atoms with van der Waals surface area (Å²) in [5, 5.41) is 16.6. The number of carbonyl (C=O) groups is 1. The van der Waals surface area contributed by atoms with Crippen LogP contribution in [0.15, 0.2) is 64.0 Å². The fourth-order valence-electron chi connectivity index (χ4n) is 3.05. The summed E-state index contributed by atoms with van der Waals surface area (Å²) in [5.41, 5.74) is 2.71. The standard InChI is InChI=1S/C20H15N5O3/c21-11-15-12-25(17-4-2-1-3-16(15)17)10-9-22-19(26)14-7-5-13(6-8-14)18-23-20(27)28-24-18/h1-8,12H,9-10H2,(H,22,26)(H,23,24,27). The topological polar surface area (TPSA) is 117 Å². The molecule has 4 aromatic rings. The molecule has 0 saturated heterocycles. The summed E-state index contributed by atoms with van der Waals surface area (Å²) in [4.78, 5) is 25.8. The normalized spacial score (nSPS) is 10.7. The molecule has 138 valence electrons. The molecular weight excluding hydrogens is 358 g/mol. The number of hydrogen-bond donors (Lipinski definition) is 2. The highest BCUT2D eigenvalue weighted by Crippen LogP contribution is 2.20. The summed E-state index contributed by atoms with van der Waals surface area (Å²) < 4.78 is 6.43. The molecule has 0 radical (unpaired) electrons. The maximum Gasteiger partial charge on any atom is 0.439 e. The average molecular weight is 373 g/mol. The van der Waals surface area contributed by atoms with Crippen molar-refractivity contribution in [2.75, 3.05) is 6.54 Å². The second kappa shape index (κ2) is 7.25. The van der Waals surface area contributed by atoms with E-state index in [-0.39, 0.29) is 5.91 Å². The molecule has 0 aliphatic rings. The largest absolute Gasteiger partial charge is 0.439 e. The molecule has 2 N–H and O–H groups in total. The maximum atomic E-state index is 12.3. The van der Waals surface area contributed by atoms with Crippen LogP contribution in [-0.4, -0.2) is 27.2 Å². The zero-order chi connectivity index (χ0) is 19.5. The quantitative estimate of drug-likeness (QED) is 0.557. The number of aromatic nitrogens is 3. The van der Waals surface area contributed by atoms with E-state index in [1.54, 1.807) is 30.5 Å². The van der Waals surface area contributed by atoms with Crippen LogP contribution >= 0.6 is 0 Å². The predicted octanol–water partition coefficient (Wildman–Crippen LogP) is 2.29. The minimum Gasteiger partial charge on any atom is -0.350 e. The van der Waals surface area contributed by atoms with Crippen LogP contribution in [0.2, 0.25) is 0 Å². The molecular formula is C20H15N5O3. The van der Waals surface area contributed by atoms with Crippen LogP contribution in [0, 0.1) is 11.3 Å². The molecule has 0 saturated carbocycles. The Morgan fingerprint density at radius 1 is 1.21 bits per heavy atom. The van der Waals surface area contributed by atoms with Gasteiger partial charge in [-0.2, -0.15) is 5.26 Å². The molecule has 2 aromatic carbocycles. The number of hydrogen-bond acceptors (Lipinski definition) is 5. The lowest BCUT2D eigenvalue weighted by molar-refractivity contribution is 0.0952. The fraction of sp³-hybridized carbons (Fsp3) is 0.100. The molecule has 0 aliphatic carbocycles. The van der Waals surface area contributed by atoms with Gasteiger partial charge in [0.2, 0.25) is 0 Å². The van der Waals surface area contributed by atoms with Crippen LogP contribution in [0.1, 0.15) is 15.9 Å². The molecule has 0 fully saturated rings. The molecule has 0 bridgehead atoms. The Kier molecular flexibility index (Phi) is 4.48. The van der Waals surface area contributed by atoms with Gasteiger partial charge in [0.1, 0.15) is 6.07 Å². The van der Waals surface area contributed by atoms with E-state index in [9.17, 15) is 14.9 Å². The molecule has 1 amide bonds. The number of rotatable bonds is 5. The van der Waals surface area contributed by atoms with Gasteiger partial charge in [-0.15, -0.1) is 0 Å². The number of aromatic amines is 1. The van der Waals surface area contributed by atoms with E-state index in [0.717, 1.165) is 10.9 Å². The van der Waals surface area contributed by atoms with E-state index in [1.807, 2.05) is 28.8 Å². The third kappa shape index (κ3) is 3.29. The van der Waals surface area contributed by atoms with Crippen molar-refractivity contribution in [3.8, 4) is 17.5 Å². The van der Waals surface area contributed by atoms with Crippen molar-refractivity contribution in [1.82, 2.24) is 20.0 Å². The first-order valence-electron chi connectivity index (χ1n) is 8.58. The number of para-hydroxylation sites is 1. The van der Waals surface area contributed by atoms with E-state index < -0.39 is 5.76 Å². The number of nitrogens with zero attached hydrogens (tertiary/aromatic N) is 3. The predicted molar refractivity (Wildman–Crippen MR) is 102 cm³/mol. The Labute approximate surface area is 159 Å². The molecule has 0 unspecified atom stereocenters. The van der Waals surface area contributed by atoms with E-state index >= 15 is 0 Å². The SMILES string of the molecule is N#Cc1cn(CCNC(=O)c2ccc(-c3noc(=O)[nH]3)cc2)c2ccccc12. The van der Waals surface area contributed by atoms with Crippen molar-refractivity contribution in [1.29, 1.82) is 5.26 Å². The van der Waals surface area contributed by atoms with E-state index in [2.05, 4.69) is 26.0 Å². The third-order valence-corrected chi connectivity index (χ3v) is 4.41. The van der Waals surface area contributed by atoms with Crippen molar-refractivity contribution < 1.29 is 9.32 Å². The smallest absolute Gasteiger partial charge is 0.350 e. The lowest BCUT2D eigenvalue weighted by Crippen LogP contribution is -2.27. The second-order valence-corrected chi connectivity index (χ2v) is 6.14. The average Bonchev–Trinajstić information content (AvgIpc) is 3.32. The van der Waals surface area contributed by atoms with Gasteiger partial charge in [-0.05, 0) is 18.2 Å². The maximum absolute atomic E-state index is 12.3. The molecule has 2 aromatic heterocycles. The molecule has 0 spiro atoms. The summed E-state index contributed by atoms with van der Waals surface area (Å²) >= 11 is 0. The van der Waals surface area contributed by atoms with Crippen LogP contribution in [0.5, 0.6) is 0 Å². The van der Waals surface area contributed by atoms with Crippen molar-refractivity contribution in [3.63, 3.8) is 0 Å². The van der Waals surface area contributed by atoms with E-state index in [0.29, 0.717) is 35.6 Å². The van der Waals surface area contributed by atoms with Gasteiger partial charge in [0.15, 0.2) is 5.82 Å². The van der Waals surface area contributed by atoms with Crippen LogP contribution < -0.4 is 11.1 Å². The number of fused-ring (bicyclic) bond motifs is 1. The van der Waals surface area contributed by atoms with Gasteiger partial charge in [0.25, 0.3) is 5.91 Å². The van der Waals surface area contributed by atoms with Crippen molar-refractivity contribution >= 4 is 16.8 Å². The summed E-state index contributed by atoms with van der Waals surface area (Å²) in [6, 6.07) is 16.5. The van der Waals surface area contributed by atoms with Crippen molar-refractivity contribution in [2.45, 2.75) is 6.54 Å². The Bertz CT molecular complexity index is 1240.